The normalized spacial score (nSPS) is 14.8. The van der Waals surface area contributed by atoms with Gasteiger partial charge in [-0.25, -0.2) is 9.97 Å². The maximum atomic E-state index is 4.74. The van der Waals surface area contributed by atoms with Crippen molar-refractivity contribution in [2.75, 3.05) is 18.4 Å². The van der Waals surface area contributed by atoms with Gasteiger partial charge in [0.1, 0.15) is 11.6 Å². The standard InChI is InChI=1S/C19H30N6/c1-5-6-7-24-8-9-25-17(13-24)11-16(23-25)12-20-18-10-15(4)21-19(22-18)14(2)3/h10-11,14H,5-9,12-13H2,1-4H3,(H,20,21,22). The predicted octanol–water partition coefficient (Wildman–Crippen LogP) is 3.33. The third-order valence-corrected chi connectivity index (χ3v) is 4.59. The molecular weight excluding hydrogens is 312 g/mol. The van der Waals surface area contributed by atoms with Gasteiger partial charge in [0.25, 0.3) is 0 Å². The molecular formula is C19H30N6. The van der Waals surface area contributed by atoms with Crippen LogP contribution in [0.1, 0.15) is 62.4 Å². The Hall–Kier alpha value is -1.95. The zero-order chi connectivity index (χ0) is 17.8. The number of unbranched alkanes of at least 4 members (excludes halogenated alkanes) is 1. The maximum absolute atomic E-state index is 4.74. The molecule has 6 nitrogen and oxygen atoms in total. The van der Waals surface area contributed by atoms with Crippen LogP contribution in [0.5, 0.6) is 0 Å². The minimum atomic E-state index is 0.328. The number of aryl methyl sites for hydroxylation is 1. The zero-order valence-corrected chi connectivity index (χ0v) is 15.9. The van der Waals surface area contributed by atoms with Crippen LogP contribution in [0.3, 0.4) is 0 Å². The van der Waals surface area contributed by atoms with Crippen molar-refractivity contribution in [2.45, 2.75) is 66.1 Å². The van der Waals surface area contributed by atoms with Crippen molar-refractivity contribution < 1.29 is 0 Å². The van der Waals surface area contributed by atoms with E-state index in [1.165, 1.54) is 25.1 Å². The van der Waals surface area contributed by atoms with Crippen LogP contribution in [-0.2, 0) is 19.6 Å². The summed E-state index contributed by atoms with van der Waals surface area (Å²) >= 11 is 0. The van der Waals surface area contributed by atoms with Gasteiger partial charge in [-0.15, -0.1) is 0 Å². The predicted molar refractivity (Wildman–Crippen MR) is 101 cm³/mol. The van der Waals surface area contributed by atoms with Crippen LogP contribution >= 0.6 is 0 Å². The van der Waals surface area contributed by atoms with Gasteiger partial charge < -0.3 is 5.32 Å². The molecule has 0 amide bonds. The van der Waals surface area contributed by atoms with E-state index in [9.17, 15) is 0 Å². The summed E-state index contributed by atoms with van der Waals surface area (Å²) in [4.78, 5) is 11.6. The van der Waals surface area contributed by atoms with Crippen LogP contribution in [0.15, 0.2) is 12.1 Å². The number of rotatable bonds is 7. The molecule has 1 aliphatic heterocycles. The van der Waals surface area contributed by atoms with Crippen LogP contribution in [0.4, 0.5) is 5.82 Å². The average molecular weight is 342 g/mol. The van der Waals surface area contributed by atoms with Gasteiger partial charge in [0.15, 0.2) is 0 Å². The van der Waals surface area contributed by atoms with E-state index in [-0.39, 0.29) is 0 Å². The average Bonchev–Trinajstić information content (AvgIpc) is 2.99. The highest BCUT2D eigenvalue weighted by atomic mass is 15.3. The monoisotopic (exact) mass is 342 g/mol. The lowest BCUT2D eigenvalue weighted by atomic mass is 10.2. The number of aromatic nitrogens is 4. The molecule has 6 heteroatoms. The second kappa shape index (κ2) is 7.95. The van der Waals surface area contributed by atoms with Gasteiger partial charge in [0.2, 0.25) is 0 Å². The molecule has 2 aromatic rings. The number of anilines is 1. The van der Waals surface area contributed by atoms with Crippen molar-refractivity contribution in [3.63, 3.8) is 0 Å². The molecule has 1 aliphatic rings. The van der Waals surface area contributed by atoms with E-state index >= 15 is 0 Å². The first kappa shape index (κ1) is 17.9. The Morgan fingerprint density at radius 3 is 2.80 bits per heavy atom. The fourth-order valence-corrected chi connectivity index (χ4v) is 3.16. The van der Waals surface area contributed by atoms with Gasteiger partial charge >= 0.3 is 0 Å². The third kappa shape index (κ3) is 4.57. The second-order valence-electron chi connectivity index (χ2n) is 7.24. The summed E-state index contributed by atoms with van der Waals surface area (Å²) in [5.74, 6) is 2.10. The Bertz CT molecular complexity index is 706. The van der Waals surface area contributed by atoms with E-state index in [2.05, 4.69) is 51.7 Å². The van der Waals surface area contributed by atoms with Gasteiger partial charge in [-0.2, -0.15) is 5.10 Å². The third-order valence-electron chi connectivity index (χ3n) is 4.59. The summed E-state index contributed by atoms with van der Waals surface area (Å²) in [5, 5.41) is 8.16. The number of fused-ring (bicyclic) bond motifs is 1. The molecule has 0 aromatic carbocycles. The largest absolute Gasteiger partial charge is 0.364 e. The second-order valence-corrected chi connectivity index (χ2v) is 7.24. The summed E-state index contributed by atoms with van der Waals surface area (Å²) in [6, 6.07) is 4.22. The molecule has 0 radical (unpaired) electrons. The Kier molecular flexibility index (Phi) is 5.68. The number of nitrogens with one attached hydrogen (secondary N) is 1. The molecule has 0 aliphatic carbocycles. The van der Waals surface area contributed by atoms with Gasteiger partial charge in [-0.05, 0) is 26.0 Å². The molecule has 136 valence electrons. The molecule has 1 N–H and O–H groups in total. The molecule has 0 unspecified atom stereocenters. The van der Waals surface area contributed by atoms with Gasteiger partial charge in [-0.1, -0.05) is 27.2 Å². The zero-order valence-electron chi connectivity index (χ0n) is 15.9. The Labute approximate surface area is 150 Å². The first-order valence-corrected chi connectivity index (χ1v) is 9.42. The van der Waals surface area contributed by atoms with Crippen molar-refractivity contribution in [3.05, 3.63) is 35.0 Å². The van der Waals surface area contributed by atoms with Gasteiger partial charge in [0, 0.05) is 30.8 Å². The molecule has 0 fully saturated rings. The van der Waals surface area contributed by atoms with Crippen LogP contribution in [-0.4, -0.2) is 37.7 Å². The van der Waals surface area contributed by atoms with Gasteiger partial charge in [0.05, 0.1) is 24.5 Å². The van der Waals surface area contributed by atoms with Crippen molar-refractivity contribution >= 4 is 5.82 Å². The number of hydrogen-bond donors (Lipinski definition) is 1. The molecule has 3 rings (SSSR count). The highest BCUT2D eigenvalue weighted by Gasteiger charge is 2.17. The summed E-state index contributed by atoms with van der Waals surface area (Å²) in [6.45, 7) is 13.5. The lowest BCUT2D eigenvalue weighted by Gasteiger charge is -2.27. The molecule has 0 atom stereocenters. The number of hydrogen-bond acceptors (Lipinski definition) is 5. The van der Waals surface area contributed by atoms with E-state index in [0.29, 0.717) is 12.5 Å². The summed E-state index contributed by atoms with van der Waals surface area (Å²) < 4.78 is 2.16. The SMILES string of the molecule is CCCCN1CCn2nc(CNc3cc(C)nc(C(C)C)n3)cc2C1. The van der Waals surface area contributed by atoms with Crippen molar-refractivity contribution in [2.24, 2.45) is 0 Å². The van der Waals surface area contributed by atoms with Crippen LogP contribution in [0, 0.1) is 6.92 Å². The molecule has 0 bridgehead atoms. The summed E-state index contributed by atoms with van der Waals surface area (Å²) in [7, 11) is 0. The van der Waals surface area contributed by atoms with E-state index in [1.54, 1.807) is 0 Å². The fourth-order valence-electron chi connectivity index (χ4n) is 3.16. The smallest absolute Gasteiger partial charge is 0.133 e. The molecule has 2 aromatic heterocycles. The molecule has 0 saturated heterocycles. The van der Waals surface area contributed by atoms with Gasteiger partial charge in [-0.3, -0.25) is 9.58 Å². The van der Waals surface area contributed by atoms with E-state index in [0.717, 1.165) is 42.7 Å². The minimum absolute atomic E-state index is 0.328. The number of nitrogens with zero attached hydrogens (tertiary/aromatic N) is 5. The van der Waals surface area contributed by atoms with Crippen molar-refractivity contribution in [3.8, 4) is 0 Å². The first-order chi connectivity index (χ1) is 12.0. The van der Waals surface area contributed by atoms with Crippen LogP contribution in [0.2, 0.25) is 0 Å². The van der Waals surface area contributed by atoms with E-state index in [1.807, 2.05) is 13.0 Å². The van der Waals surface area contributed by atoms with E-state index < -0.39 is 0 Å². The summed E-state index contributed by atoms with van der Waals surface area (Å²) in [6.07, 6.45) is 2.52. The lowest BCUT2D eigenvalue weighted by molar-refractivity contribution is 0.210. The molecule has 0 spiro atoms. The Morgan fingerprint density at radius 2 is 2.04 bits per heavy atom. The molecule has 0 saturated carbocycles. The Balaban J connectivity index is 1.63. The first-order valence-electron chi connectivity index (χ1n) is 9.42. The highest BCUT2D eigenvalue weighted by molar-refractivity contribution is 5.36. The van der Waals surface area contributed by atoms with Crippen molar-refractivity contribution in [1.29, 1.82) is 0 Å². The van der Waals surface area contributed by atoms with Crippen LogP contribution in [0.25, 0.3) is 0 Å². The van der Waals surface area contributed by atoms with Crippen molar-refractivity contribution in [1.82, 2.24) is 24.6 Å². The minimum Gasteiger partial charge on any atom is -0.364 e. The van der Waals surface area contributed by atoms with E-state index in [4.69, 9.17) is 5.10 Å². The quantitative estimate of drug-likeness (QED) is 0.836. The molecule has 3 heterocycles. The Morgan fingerprint density at radius 1 is 1.20 bits per heavy atom. The topological polar surface area (TPSA) is 58.9 Å². The highest BCUT2D eigenvalue weighted by Crippen LogP contribution is 2.17. The summed E-state index contributed by atoms with van der Waals surface area (Å²) in [5.41, 5.74) is 3.40. The lowest BCUT2D eigenvalue weighted by Crippen LogP contribution is -2.34. The van der Waals surface area contributed by atoms with Crippen LogP contribution < -0.4 is 5.32 Å². The maximum Gasteiger partial charge on any atom is 0.133 e. The molecule has 25 heavy (non-hydrogen) atoms. The fraction of sp³-hybridized carbons (Fsp3) is 0.632.